The van der Waals surface area contributed by atoms with Crippen molar-refractivity contribution in [3.05, 3.63) is 98.1 Å². The van der Waals surface area contributed by atoms with E-state index in [0.717, 1.165) is 42.3 Å². The molecule has 0 unspecified atom stereocenters. The van der Waals surface area contributed by atoms with Crippen molar-refractivity contribution in [2.24, 2.45) is 0 Å². The zero-order valence-electron chi connectivity index (χ0n) is 18.4. The van der Waals surface area contributed by atoms with Crippen LogP contribution >= 0.6 is 23.2 Å². The third-order valence-corrected chi connectivity index (χ3v) is 6.37. The maximum Gasteiger partial charge on any atom is 0.274 e. The lowest BCUT2D eigenvalue weighted by Crippen LogP contribution is -2.25. The molecule has 170 valence electrons. The molecular weight excluding hydrogens is 457 g/mol. The molecule has 2 aromatic heterocycles. The molecule has 0 spiro atoms. The first-order valence-electron chi connectivity index (χ1n) is 11.0. The van der Waals surface area contributed by atoms with Crippen molar-refractivity contribution in [1.29, 1.82) is 0 Å². The van der Waals surface area contributed by atoms with E-state index in [1.165, 1.54) is 5.56 Å². The van der Waals surface area contributed by atoms with Gasteiger partial charge in [-0.1, -0.05) is 60.0 Å². The Kier molecular flexibility index (Phi) is 7.63. The molecule has 0 atom stereocenters. The van der Waals surface area contributed by atoms with Crippen LogP contribution in [-0.4, -0.2) is 21.9 Å². The van der Waals surface area contributed by atoms with Crippen molar-refractivity contribution in [3.8, 4) is 5.75 Å². The van der Waals surface area contributed by atoms with Crippen LogP contribution in [0.2, 0.25) is 10.0 Å². The minimum Gasteiger partial charge on any atom is -0.497 e. The first kappa shape index (κ1) is 23.3. The third kappa shape index (κ3) is 5.55. The molecule has 0 radical (unpaired) electrons. The first-order valence-corrected chi connectivity index (χ1v) is 11.7. The fraction of sp³-hybridized carbons (Fsp3) is 0.269. The summed E-state index contributed by atoms with van der Waals surface area (Å²) >= 11 is 12.7. The van der Waals surface area contributed by atoms with Gasteiger partial charge in [-0.2, -0.15) is 5.10 Å². The lowest BCUT2D eigenvalue weighted by atomic mass is 10.0. The van der Waals surface area contributed by atoms with Gasteiger partial charge in [0.1, 0.15) is 5.75 Å². The molecule has 0 saturated heterocycles. The topological polar surface area (TPSA) is 57.0 Å². The number of hydrogen-bond acceptors (Lipinski definition) is 4. The fourth-order valence-electron chi connectivity index (χ4n) is 3.93. The predicted octanol–water partition coefficient (Wildman–Crippen LogP) is 6.11. The highest BCUT2D eigenvalue weighted by molar-refractivity contribution is 6.35. The van der Waals surface area contributed by atoms with Gasteiger partial charge in [0.05, 0.1) is 28.2 Å². The van der Waals surface area contributed by atoms with E-state index >= 15 is 0 Å². The second-order valence-corrected chi connectivity index (χ2v) is 8.76. The van der Waals surface area contributed by atoms with Gasteiger partial charge in [0.15, 0.2) is 0 Å². The Bertz CT molecular complexity index is 1290. The normalized spacial score (nSPS) is 11.1. The lowest BCUT2D eigenvalue weighted by molar-refractivity contribution is 0.415. The summed E-state index contributed by atoms with van der Waals surface area (Å²) in [5.41, 5.74) is 2.69. The summed E-state index contributed by atoms with van der Waals surface area (Å²) in [5.74, 6) is 0.631. The van der Waals surface area contributed by atoms with Crippen LogP contribution in [0.15, 0.2) is 65.7 Å². The Labute approximate surface area is 203 Å². The maximum absolute atomic E-state index is 13.2. The Balaban J connectivity index is 1.59. The number of nitrogens with zero attached hydrogens (tertiary/aromatic N) is 3. The Morgan fingerprint density at radius 1 is 0.939 bits per heavy atom. The molecule has 0 aliphatic heterocycles. The second-order valence-electron chi connectivity index (χ2n) is 7.94. The van der Waals surface area contributed by atoms with Gasteiger partial charge in [-0.25, -0.2) is 4.68 Å². The highest BCUT2D eigenvalue weighted by atomic mass is 35.5. The van der Waals surface area contributed by atoms with Gasteiger partial charge >= 0.3 is 0 Å². The number of hydrogen-bond donors (Lipinski definition) is 0. The van der Waals surface area contributed by atoms with Crippen LogP contribution in [0.4, 0.5) is 0 Å². The number of benzene rings is 2. The van der Waals surface area contributed by atoms with Gasteiger partial charge in [0, 0.05) is 30.7 Å². The van der Waals surface area contributed by atoms with Crippen LogP contribution in [0.3, 0.4) is 0 Å². The number of methoxy groups -OCH3 is 1. The number of fused-ring (bicyclic) bond motifs is 1. The Morgan fingerprint density at radius 3 is 2.42 bits per heavy atom. The minimum atomic E-state index is -0.123. The van der Waals surface area contributed by atoms with E-state index in [1.54, 1.807) is 30.3 Å². The van der Waals surface area contributed by atoms with Crippen LogP contribution in [0, 0.1) is 0 Å². The van der Waals surface area contributed by atoms with E-state index in [4.69, 9.17) is 33.0 Å². The zero-order valence-corrected chi connectivity index (χ0v) is 19.9. The fourth-order valence-corrected chi connectivity index (χ4v) is 4.43. The van der Waals surface area contributed by atoms with Crippen LogP contribution in [0.5, 0.6) is 5.75 Å². The first-order chi connectivity index (χ1) is 16.1. The summed E-state index contributed by atoms with van der Waals surface area (Å²) in [6.45, 7) is 0.547. The molecule has 0 amide bonds. The minimum absolute atomic E-state index is 0.123. The molecule has 5 nitrogen and oxygen atoms in total. The summed E-state index contributed by atoms with van der Waals surface area (Å²) in [7, 11) is 1.59. The largest absolute Gasteiger partial charge is 0.497 e. The Morgan fingerprint density at radius 2 is 1.70 bits per heavy atom. The van der Waals surface area contributed by atoms with Gasteiger partial charge < -0.3 is 4.74 Å². The van der Waals surface area contributed by atoms with Crippen LogP contribution in [-0.2, 0) is 19.4 Å². The molecule has 4 aromatic rings. The molecule has 0 saturated carbocycles. The highest BCUT2D eigenvalue weighted by Crippen LogP contribution is 2.28. The van der Waals surface area contributed by atoms with E-state index in [2.05, 4.69) is 29.2 Å². The lowest BCUT2D eigenvalue weighted by Gasteiger charge is -2.13. The van der Waals surface area contributed by atoms with E-state index in [1.807, 2.05) is 18.2 Å². The summed E-state index contributed by atoms with van der Waals surface area (Å²) < 4.78 is 6.91. The van der Waals surface area contributed by atoms with Crippen molar-refractivity contribution >= 4 is 34.0 Å². The molecule has 7 heteroatoms. The van der Waals surface area contributed by atoms with E-state index < -0.39 is 0 Å². The zero-order chi connectivity index (χ0) is 23.2. The monoisotopic (exact) mass is 481 g/mol. The maximum atomic E-state index is 13.2. The molecule has 0 fully saturated rings. The molecule has 0 bridgehead atoms. The molecule has 0 aliphatic rings. The number of rotatable bonds is 9. The number of unbranched alkanes of at least 4 members (excludes halogenated alkanes) is 2. The summed E-state index contributed by atoms with van der Waals surface area (Å²) in [6, 6.07) is 15.9. The third-order valence-electron chi connectivity index (χ3n) is 5.72. The number of aryl methyl sites for hydroxylation is 2. The smallest absolute Gasteiger partial charge is 0.274 e. The average Bonchev–Trinajstić information content (AvgIpc) is 2.84. The molecular formula is C26H25Cl2N3O2. The summed E-state index contributed by atoms with van der Waals surface area (Å²) in [5, 5.41) is 7.01. The van der Waals surface area contributed by atoms with Crippen molar-refractivity contribution in [2.45, 2.75) is 38.6 Å². The van der Waals surface area contributed by atoms with Gasteiger partial charge in [-0.3, -0.25) is 9.78 Å². The standard InChI is InChI=1S/C26H25Cl2N3O2/c1-33-19-11-12-20-21(14-19)26(32)31(13-7-3-6-10-18-8-4-2-5-9-18)30-25(20)15-22-23(27)16-29-17-24(22)28/h2,4-5,8-9,11-12,14,16-17H,3,6-7,10,13,15H2,1H3. The van der Waals surface area contributed by atoms with Crippen LogP contribution in [0.25, 0.3) is 10.8 Å². The van der Waals surface area contributed by atoms with E-state index in [0.29, 0.717) is 34.1 Å². The molecule has 2 aromatic carbocycles. The van der Waals surface area contributed by atoms with Crippen LogP contribution < -0.4 is 10.3 Å². The van der Waals surface area contributed by atoms with Gasteiger partial charge in [-0.15, -0.1) is 0 Å². The molecule has 2 heterocycles. The SMILES string of the molecule is COc1ccc2c(Cc3c(Cl)cncc3Cl)nn(CCCCCc3ccccc3)c(=O)c2c1. The molecule has 4 rings (SSSR count). The number of halogens is 2. The number of ether oxygens (including phenoxy) is 1. The van der Waals surface area contributed by atoms with Gasteiger partial charge in [0.2, 0.25) is 0 Å². The van der Waals surface area contributed by atoms with E-state index in [-0.39, 0.29) is 5.56 Å². The van der Waals surface area contributed by atoms with Gasteiger partial charge in [0.25, 0.3) is 5.56 Å². The molecule has 33 heavy (non-hydrogen) atoms. The average molecular weight is 482 g/mol. The van der Waals surface area contributed by atoms with Crippen molar-refractivity contribution in [2.75, 3.05) is 7.11 Å². The van der Waals surface area contributed by atoms with Crippen molar-refractivity contribution in [3.63, 3.8) is 0 Å². The second kappa shape index (κ2) is 10.8. The number of pyridine rings is 1. The van der Waals surface area contributed by atoms with E-state index in [9.17, 15) is 4.79 Å². The highest BCUT2D eigenvalue weighted by Gasteiger charge is 2.15. The molecule has 0 N–H and O–H groups in total. The van der Waals surface area contributed by atoms with Crippen molar-refractivity contribution in [1.82, 2.24) is 14.8 Å². The van der Waals surface area contributed by atoms with Crippen molar-refractivity contribution < 1.29 is 4.74 Å². The Hall–Kier alpha value is -2.89. The van der Waals surface area contributed by atoms with Gasteiger partial charge in [-0.05, 0) is 48.6 Å². The van der Waals surface area contributed by atoms with Crippen LogP contribution in [0.1, 0.15) is 36.1 Å². The quantitative estimate of drug-likeness (QED) is 0.270. The predicted molar refractivity (Wildman–Crippen MR) is 134 cm³/mol. The number of aromatic nitrogens is 3. The summed E-state index contributed by atoms with van der Waals surface area (Å²) in [4.78, 5) is 17.2. The summed E-state index contributed by atoms with van der Waals surface area (Å²) in [6.07, 6.45) is 7.50. The molecule has 0 aliphatic carbocycles.